The average Bonchev–Trinajstić information content (AvgIpc) is 3.55. The molecule has 1 aromatic carbocycles. The highest BCUT2D eigenvalue weighted by molar-refractivity contribution is 8.00. The third kappa shape index (κ3) is 7.77. The number of nitrogens with one attached hydrogen (secondary N) is 3. The van der Waals surface area contributed by atoms with Crippen LogP contribution < -0.4 is 21.1 Å². The minimum Gasteiger partial charge on any atom is -0.481 e. The van der Waals surface area contributed by atoms with E-state index in [1.807, 2.05) is 42.0 Å². The molecule has 15 heteroatoms. The number of thiophene rings is 1. The molecule has 0 aliphatic carbocycles. The molecular formula is C23H24F3N5O4S3. The summed E-state index contributed by atoms with van der Waals surface area (Å²) < 4.78 is 38.8. The van der Waals surface area contributed by atoms with Crippen LogP contribution in [0.1, 0.15) is 4.88 Å². The molecule has 0 spiro atoms. The van der Waals surface area contributed by atoms with Crippen LogP contribution in [0.4, 0.5) is 13.2 Å². The number of thioether (sulfide) groups is 1. The predicted molar refractivity (Wildman–Crippen MR) is 142 cm³/mol. The second-order valence-corrected chi connectivity index (χ2v) is 10.8. The number of hydrogen-bond acceptors (Lipinski definition) is 10. The van der Waals surface area contributed by atoms with Gasteiger partial charge in [0.25, 0.3) is 0 Å². The van der Waals surface area contributed by atoms with Crippen molar-refractivity contribution in [1.82, 2.24) is 15.6 Å². The summed E-state index contributed by atoms with van der Waals surface area (Å²) in [6.07, 6.45) is -2.78. The van der Waals surface area contributed by atoms with Gasteiger partial charge in [-0.05, 0) is 24.5 Å². The minimum absolute atomic E-state index is 0.0557. The number of carboxylic acid groups (broad SMARTS) is 1. The van der Waals surface area contributed by atoms with E-state index in [9.17, 15) is 18.0 Å². The first-order valence-electron chi connectivity index (χ1n) is 11.0. The molecule has 2 aromatic heterocycles. The highest BCUT2D eigenvalue weighted by Gasteiger charge is 2.38. The Morgan fingerprint density at radius 3 is 2.68 bits per heavy atom. The first kappa shape index (κ1) is 29.6. The van der Waals surface area contributed by atoms with Gasteiger partial charge in [-0.3, -0.25) is 10.2 Å². The number of halogens is 3. The highest BCUT2D eigenvalue weighted by Crippen LogP contribution is 2.40. The van der Waals surface area contributed by atoms with Crippen molar-refractivity contribution in [2.45, 2.75) is 22.5 Å². The lowest BCUT2D eigenvalue weighted by atomic mass is 10.1. The molecule has 0 bridgehead atoms. The van der Waals surface area contributed by atoms with Gasteiger partial charge in [-0.25, -0.2) is 9.78 Å². The Morgan fingerprint density at radius 1 is 1.37 bits per heavy atom. The van der Waals surface area contributed by atoms with Crippen LogP contribution in [0, 0.1) is 5.41 Å². The molecule has 1 saturated heterocycles. The van der Waals surface area contributed by atoms with E-state index < -0.39 is 18.2 Å². The monoisotopic (exact) mass is 587 g/mol. The van der Waals surface area contributed by atoms with Gasteiger partial charge in [0.05, 0.1) is 20.8 Å². The molecule has 4 rings (SSSR count). The molecule has 1 fully saturated rings. The van der Waals surface area contributed by atoms with Gasteiger partial charge in [-0.2, -0.15) is 13.2 Å². The number of nitrogens with zero attached hydrogens (tertiary/aromatic N) is 1. The fourth-order valence-corrected chi connectivity index (χ4v) is 6.05. The van der Waals surface area contributed by atoms with Gasteiger partial charge in [0, 0.05) is 36.1 Å². The van der Waals surface area contributed by atoms with Crippen molar-refractivity contribution in [1.29, 1.82) is 5.41 Å². The number of aromatic nitrogens is 1. The van der Waals surface area contributed by atoms with Crippen molar-refractivity contribution < 1.29 is 32.6 Å². The summed E-state index contributed by atoms with van der Waals surface area (Å²) in [5, 5.41) is 24.3. The van der Waals surface area contributed by atoms with Crippen molar-refractivity contribution in [2.24, 2.45) is 5.73 Å². The molecule has 1 aliphatic heterocycles. The topological polar surface area (TPSA) is 150 Å². The lowest BCUT2D eigenvalue weighted by Gasteiger charge is -2.29. The minimum atomic E-state index is -5.08. The molecule has 38 heavy (non-hydrogen) atoms. The molecular weight excluding hydrogens is 563 g/mol. The molecule has 1 aliphatic rings. The number of aliphatic carboxylic acids is 1. The second-order valence-electron chi connectivity index (χ2n) is 7.78. The van der Waals surface area contributed by atoms with E-state index in [0.29, 0.717) is 12.3 Å². The number of benzene rings is 1. The summed E-state index contributed by atoms with van der Waals surface area (Å²) in [6.45, 7) is 2.39. The number of alkyl halides is 3. The molecule has 0 amide bonds. The van der Waals surface area contributed by atoms with Gasteiger partial charge in [-0.1, -0.05) is 12.1 Å². The number of thiazole rings is 1. The normalized spacial score (nSPS) is 16.2. The molecule has 2 atom stereocenters. The Morgan fingerprint density at radius 2 is 2.11 bits per heavy atom. The molecule has 3 heterocycles. The van der Waals surface area contributed by atoms with Gasteiger partial charge in [0.15, 0.2) is 12.4 Å². The third-order valence-corrected chi connectivity index (χ3v) is 8.31. The number of ether oxygens (including phenoxy) is 1. The molecule has 204 valence electrons. The zero-order valence-corrected chi connectivity index (χ0v) is 22.3. The van der Waals surface area contributed by atoms with E-state index in [0.717, 1.165) is 50.3 Å². The van der Waals surface area contributed by atoms with Gasteiger partial charge in [0.1, 0.15) is 16.6 Å². The summed E-state index contributed by atoms with van der Waals surface area (Å²) in [6, 6.07) is 9.53. The summed E-state index contributed by atoms with van der Waals surface area (Å²) in [5.41, 5.74) is 8.43. The number of hydrogen-bond donors (Lipinski definition) is 5. The lowest BCUT2D eigenvalue weighted by Crippen LogP contribution is -2.56. The number of amidine groups is 1. The van der Waals surface area contributed by atoms with E-state index in [-0.39, 0.29) is 11.9 Å². The maximum absolute atomic E-state index is 11.6. The summed E-state index contributed by atoms with van der Waals surface area (Å²) in [4.78, 5) is 26.1. The number of aldehydes is 1. The van der Waals surface area contributed by atoms with E-state index in [1.54, 1.807) is 23.1 Å². The Kier molecular flexibility index (Phi) is 10.3. The zero-order chi connectivity index (χ0) is 27.9. The maximum Gasteiger partial charge on any atom is 0.490 e. The quantitative estimate of drug-likeness (QED) is 0.115. The van der Waals surface area contributed by atoms with Crippen LogP contribution in [0.3, 0.4) is 0 Å². The van der Waals surface area contributed by atoms with E-state index in [2.05, 4.69) is 10.6 Å². The van der Waals surface area contributed by atoms with Crippen LogP contribution in [-0.2, 0) is 9.59 Å². The van der Waals surface area contributed by atoms with Crippen molar-refractivity contribution >= 4 is 52.5 Å². The Hall–Kier alpha value is -2.98. The molecule has 2 unspecified atom stereocenters. The Labute approximate surface area is 228 Å². The molecule has 0 radical (unpaired) electrons. The van der Waals surface area contributed by atoms with Crippen molar-refractivity contribution in [3.63, 3.8) is 0 Å². The van der Waals surface area contributed by atoms with Crippen LogP contribution in [0.25, 0.3) is 21.8 Å². The Balaban J connectivity index is 0.000000505. The zero-order valence-electron chi connectivity index (χ0n) is 19.9. The van der Waals surface area contributed by atoms with Crippen molar-refractivity contribution in [3.8, 4) is 27.6 Å². The van der Waals surface area contributed by atoms with Crippen LogP contribution >= 0.6 is 34.4 Å². The molecule has 9 nitrogen and oxygen atoms in total. The third-order valence-electron chi connectivity index (χ3n) is 5.13. The largest absolute Gasteiger partial charge is 0.490 e. The summed E-state index contributed by atoms with van der Waals surface area (Å²) >= 11 is 4.69. The van der Waals surface area contributed by atoms with Crippen LogP contribution in [0.2, 0.25) is 0 Å². The molecule has 0 saturated carbocycles. The fraction of sp³-hybridized carbons (Fsp3) is 0.304. The second kappa shape index (κ2) is 13.2. The number of nitrogens with two attached hydrogens (primary N) is 1. The lowest BCUT2D eigenvalue weighted by molar-refractivity contribution is -0.192. The van der Waals surface area contributed by atoms with E-state index >= 15 is 0 Å². The van der Waals surface area contributed by atoms with Crippen molar-refractivity contribution in [3.05, 3.63) is 40.6 Å². The average molecular weight is 588 g/mol. The summed E-state index contributed by atoms with van der Waals surface area (Å²) in [7, 11) is 0. The number of piperazine rings is 1. The van der Waals surface area contributed by atoms with E-state index in [4.69, 9.17) is 30.8 Å². The van der Waals surface area contributed by atoms with Gasteiger partial charge < -0.3 is 26.2 Å². The first-order chi connectivity index (χ1) is 18.0. The van der Waals surface area contributed by atoms with E-state index in [1.165, 1.54) is 11.3 Å². The van der Waals surface area contributed by atoms with Crippen LogP contribution in [-0.4, -0.2) is 72.4 Å². The number of rotatable bonds is 8. The number of carbonyl (C=O) groups is 2. The molecule has 6 N–H and O–H groups in total. The molecule has 3 aromatic rings. The number of nitrogen functional groups attached to an aromatic ring is 1. The first-order valence-corrected chi connectivity index (χ1v) is 13.9. The SMILES string of the molecule is CSc1sc(C(=N)N)cc1-c1nc(-c2cccc(OC(C=O)C3CNCCN3)c2)cs1.O=C(O)C(F)(F)F. The number of carboxylic acids is 1. The smallest absolute Gasteiger partial charge is 0.481 e. The summed E-state index contributed by atoms with van der Waals surface area (Å²) in [5.74, 6) is -2.05. The van der Waals surface area contributed by atoms with Gasteiger partial charge in [0.2, 0.25) is 0 Å². The van der Waals surface area contributed by atoms with Crippen LogP contribution in [0.5, 0.6) is 5.75 Å². The fourth-order valence-electron chi connectivity index (χ4n) is 3.34. The highest BCUT2D eigenvalue weighted by atomic mass is 32.2. The predicted octanol–water partition coefficient (Wildman–Crippen LogP) is 3.69. The van der Waals surface area contributed by atoms with Gasteiger partial charge in [-0.15, -0.1) is 34.4 Å². The van der Waals surface area contributed by atoms with Crippen LogP contribution in [0.15, 0.2) is 39.9 Å². The Bertz CT molecular complexity index is 1280. The van der Waals surface area contributed by atoms with Crippen molar-refractivity contribution in [2.75, 3.05) is 25.9 Å². The number of carbonyl (C=O) groups excluding carboxylic acids is 1. The maximum atomic E-state index is 11.6. The standard InChI is InChI=1S/C21H23N5O2S3.C2HF3O2/c1-29-21-14(8-18(31-21)19(22)23)20-26-16(11-30-20)12-3-2-4-13(7-12)28-17(10-27)15-9-24-5-6-25-15;3-2(4,5)1(6)7/h2-4,7-8,10-11,15,17,24-25H,5-6,9H2,1H3,(H3,22,23);(H,6,7). The van der Waals surface area contributed by atoms with Gasteiger partial charge >= 0.3 is 12.1 Å².